The third-order valence-corrected chi connectivity index (χ3v) is 18.8. The Morgan fingerprint density at radius 2 is 0.893 bits per heavy atom. The van der Waals surface area contributed by atoms with Gasteiger partial charge in [-0.2, -0.15) is 0 Å². The molecule has 2 aliphatic heterocycles. The molecule has 3 aromatic carbocycles. The van der Waals surface area contributed by atoms with Crippen LogP contribution < -0.4 is 9.47 Å². The van der Waals surface area contributed by atoms with Gasteiger partial charge in [-0.3, -0.25) is 0 Å². The van der Waals surface area contributed by atoms with Crippen molar-refractivity contribution in [1.82, 2.24) is 0 Å². The van der Waals surface area contributed by atoms with Crippen molar-refractivity contribution in [2.75, 3.05) is 13.2 Å². The summed E-state index contributed by atoms with van der Waals surface area (Å²) in [5.74, 6) is -2.30. The van der Waals surface area contributed by atoms with Crippen LogP contribution in [0.25, 0.3) is 0 Å². The molecule has 2 unspecified atom stereocenters. The molecule has 0 saturated carbocycles. The molecule has 0 aliphatic carbocycles. The molecule has 2 aliphatic rings. The minimum atomic E-state index is -4.48. The van der Waals surface area contributed by atoms with E-state index in [4.69, 9.17) is 9.47 Å². The van der Waals surface area contributed by atoms with E-state index in [2.05, 4.69) is 27.7 Å². The fourth-order valence-electron chi connectivity index (χ4n) is 6.11. The second-order valence-electron chi connectivity index (χ2n) is 13.3. The Morgan fingerprint density at radius 3 is 1.16 bits per heavy atom. The largest absolute Gasteiger partial charge is 0.491 e. The molecule has 0 amide bonds. The van der Waals surface area contributed by atoms with Gasteiger partial charge in [0.2, 0.25) is 19.7 Å². The first-order chi connectivity index (χ1) is 26.8. The molecule has 2 heterocycles. The number of hydrogen-bond acceptors (Lipinski definition) is 12. The quantitative estimate of drug-likeness (QED) is 0.103. The Kier molecular flexibility index (Phi) is 15.4. The molecule has 0 radical (unpaired) electrons. The van der Waals surface area contributed by atoms with Crippen molar-refractivity contribution in [2.45, 2.75) is 108 Å². The predicted molar refractivity (Wildman–Crippen MR) is 224 cm³/mol. The zero-order chi connectivity index (χ0) is 40.6. The van der Waals surface area contributed by atoms with Crippen molar-refractivity contribution >= 4 is 78.7 Å². The monoisotopic (exact) mass is 878 g/mol. The van der Waals surface area contributed by atoms with Gasteiger partial charge in [-0.25, -0.2) is 26.4 Å². The zero-order valence-electron chi connectivity index (χ0n) is 31.6. The Labute approximate surface area is 346 Å². The molecular weight excluding hydrogens is 833 g/mol. The summed E-state index contributed by atoms with van der Waals surface area (Å²) in [6.45, 7) is 8.90. The third-order valence-electron chi connectivity index (χ3n) is 9.43. The minimum absolute atomic E-state index is 0.00872. The number of benzene rings is 3. The normalized spacial score (nSPS) is 14.9. The lowest BCUT2D eigenvalue weighted by Gasteiger charge is -2.22. The molecular formula is C40H46O10S6. The highest BCUT2D eigenvalue weighted by atomic mass is 32.2. The molecule has 2 N–H and O–H groups in total. The van der Waals surface area contributed by atoms with Crippen LogP contribution in [0.3, 0.4) is 0 Å². The number of ether oxygens (including phenoxy) is 2. The second kappa shape index (κ2) is 19.6. The van der Waals surface area contributed by atoms with E-state index in [1.54, 1.807) is 12.1 Å². The van der Waals surface area contributed by atoms with Gasteiger partial charge in [0.25, 0.3) is 0 Å². The van der Waals surface area contributed by atoms with E-state index in [9.17, 15) is 36.6 Å². The van der Waals surface area contributed by atoms with Gasteiger partial charge in [-0.05, 0) is 48.9 Å². The van der Waals surface area contributed by atoms with Crippen LogP contribution in [-0.4, -0.2) is 52.2 Å². The molecule has 0 spiro atoms. The SMILES string of the molecule is CCCCC(CC)COc1c2c(c(OCC(CC)CCCC)c3c1SC(=C(C(=O)O)S(=O)(=O)c1ccccc1)S3)SC(=C(C(=O)O)S(=O)(=O)c1ccccc1)S2. The lowest BCUT2D eigenvalue weighted by atomic mass is 10.0. The van der Waals surface area contributed by atoms with Crippen LogP contribution in [0.15, 0.2) is 108 Å². The first-order valence-corrected chi connectivity index (χ1v) is 24.8. The van der Waals surface area contributed by atoms with Gasteiger partial charge in [0.1, 0.15) is 11.5 Å². The highest BCUT2D eigenvalue weighted by Crippen LogP contribution is 2.69. The molecule has 16 heteroatoms. The molecule has 2 atom stereocenters. The fraction of sp³-hybridized carbons (Fsp3) is 0.400. The molecule has 0 fully saturated rings. The number of aliphatic carboxylic acids is 2. The summed E-state index contributed by atoms with van der Waals surface area (Å²) in [7, 11) is -8.97. The van der Waals surface area contributed by atoms with Crippen molar-refractivity contribution in [3.05, 3.63) is 78.9 Å². The average molecular weight is 879 g/mol. The zero-order valence-corrected chi connectivity index (χ0v) is 36.5. The van der Waals surface area contributed by atoms with Gasteiger partial charge < -0.3 is 19.7 Å². The van der Waals surface area contributed by atoms with Crippen molar-refractivity contribution in [3.63, 3.8) is 0 Å². The summed E-state index contributed by atoms with van der Waals surface area (Å²) in [4.78, 5) is 25.6. The Morgan fingerprint density at radius 1 is 0.571 bits per heavy atom. The molecule has 302 valence electrons. The van der Waals surface area contributed by atoms with Gasteiger partial charge in [-0.1, -0.05) is 150 Å². The average Bonchev–Trinajstić information content (AvgIpc) is 3.80. The summed E-state index contributed by atoms with van der Waals surface area (Å²) < 4.78 is 69.0. The smallest absolute Gasteiger partial charge is 0.349 e. The number of carboxylic acid groups (broad SMARTS) is 2. The highest BCUT2D eigenvalue weighted by molar-refractivity contribution is 8.26. The standard InChI is InChI=1S/C40H46O10S6/c1-5-9-17-25(7-3)23-49-29-31-33(53-39(51-31)35(37(41)42)55(45,46)27-19-13-11-14-20-27)30(50-24-26(8-4)18-10-6-2)34-32(29)52-40(54-34)36(38(43)44)56(47,48)28-21-15-12-16-22-28/h11-16,19-22,25-26H,5-10,17-18,23-24H2,1-4H3,(H,41,42)(H,43,44). The summed E-state index contributed by atoms with van der Waals surface area (Å²) in [6.07, 6.45) is 7.38. The number of unbranched alkanes of at least 4 members (excludes halogenated alkanes) is 2. The molecule has 0 saturated heterocycles. The molecule has 56 heavy (non-hydrogen) atoms. The van der Waals surface area contributed by atoms with E-state index < -0.39 is 41.4 Å². The summed E-state index contributed by atoms with van der Waals surface area (Å²) >= 11 is 3.82. The number of thioether (sulfide) groups is 4. The number of hydrogen-bond donors (Lipinski definition) is 2. The topological polar surface area (TPSA) is 161 Å². The second-order valence-corrected chi connectivity index (χ2v) is 21.7. The van der Waals surface area contributed by atoms with E-state index in [0.717, 1.165) is 98.4 Å². The Bertz CT molecular complexity index is 2000. The van der Waals surface area contributed by atoms with E-state index in [1.807, 2.05) is 0 Å². The summed E-state index contributed by atoms with van der Waals surface area (Å²) in [5, 5.41) is 20.9. The van der Waals surface area contributed by atoms with Crippen molar-refractivity contribution in [2.24, 2.45) is 11.8 Å². The van der Waals surface area contributed by atoms with Gasteiger partial charge in [-0.15, -0.1) is 0 Å². The Hall–Kier alpha value is -3.02. The van der Waals surface area contributed by atoms with Gasteiger partial charge >= 0.3 is 11.9 Å². The van der Waals surface area contributed by atoms with Crippen LogP contribution >= 0.6 is 47.0 Å². The lowest BCUT2D eigenvalue weighted by molar-refractivity contribution is -0.132. The predicted octanol–water partition coefficient (Wildman–Crippen LogP) is 10.7. The number of carbonyl (C=O) groups is 2. The van der Waals surface area contributed by atoms with Crippen LogP contribution in [0, 0.1) is 11.8 Å². The third kappa shape index (κ3) is 9.63. The van der Waals surface area contributed by atoms with Crippen molar-refractivity contribution in [3.8, 4) is 11.5 Å². The van der Waals surface area contributed by atoms with Crippen LogP contribution in [0.1, 0.15) is 79.1 Å². The minimum Gasteiger partial charge on any atom is -0.491 e. The number of fused-ring (bicyclic) bond motifs is 2. The number of sulfone groups is 2. The maximum atomic E-state index is 13.9. The lowest BCUT2D eigenvalue weighted by Crippen LogP contribution is -2.14. The molecule has 10 nitrogen and oxygen atoms in total. The fourth-order valence-corrected chi connectivity index (χ4v) is 15.5. The van der Waals surface area contributed by atoms with Gasteiger partial charge in [0.05, 0.1) is 51.1 Å². The molecule has 0 bridgehead atoms. The first-order valence-electron chi connectivity index (χ1n) is 18.6. The van der Waals surface area contributed by atoms with E-state index in [0.29, 0.717) is 31.1 Å². The maximum absolute atomic E-state index is 13.9. The van der Waals surface area contributed by atoms with Crippen LogP contribution in [0.5, 0.6) is 11.5 Å². The maximum Gasteiger partial charge on any atom is 0.349 e. The molecule has 0 aromatic heterocycles. The van der Waals surface area contributed by atoms with E-state index >= 15 is 0 Å². The summed E-state index contributed by atoms with van der Waals surface area (Å²) in [6, 6.07) is 14.8. The molecule has 5 rings (SSSR count). The number of rotatable bonds is 20. The van der Waals surface area contributed by atoms with Crippen LogP contribution in [0.4, 0.5) is 0 Å². The van der Waals surface area contributed by atoms with Crippen molar-refractivity contribution < 1.29 is 46.1 Å². The van der Waals surface area contributed by atoms with E-state index in [1.165, 1.54) is 48.5 Å². The molecule has 3 aromatic rings. The number of carboxylic acids is 2. The van der Waals surface area contributed by atoms with Gasteiger partial charge in [0.15, 0.2) is 9.81 Å². The van der Waals surface area contributed by atoms with Crippen LogP contribution in [-0.2, 0) is 29.3 Å². The first kappa shape index (κ1) is 44.1. The van der Waals surface area contributed by atoms with Crippen LogP contribution in [0.2, 0.25) is 0 Å². The van der Waals surface area contributed by atoms with Crippen molar-refractivity contribution in [1.29, 1.82) is 0 Å². The Balaban J connectivity index is 1.75. The van der Waals surface area contributed by atoms with Gasteiger partial charge in [0, 0.05) is 0 Å². The summed E-state index contributed by atoms with van der Waals surface area (Å²) in [5.41, 5.74) is 0. The highest BCUT2D eigenvalue weighted by Gasteiger charge is 2.43. The van der Waals surface area contributed by atoms with E-state index in [-0.39, 0.29) is 43.3 Å².